The average Bonchev–Trinajstić information content (AvgIpc) is 3.03. The SMILES string of the molecule is CC(C)(C)c1ccc(C2(C)NC(=O)N(Cc3cccc(S(=O)(=O)N4CCOCC4)c3)C2=O)cc1. The number of ether oxygens (including phenoxy) is 1. The summed E-state index contributed by atoms with van der Waals surface area (Å²) >= 11 is 0. The molecule has 1 atom stereocenters. The van der Waals surface area contributed by atoms with E-state index in [1.807, 2.05) is 24.3 Å². The van der Waals surface area contributed by atoms with Crippen LogP contribution in [0.2, 0.25) is 0 Å². The fourth-order valence-electron chi connectivity index (χ4n) is 4.26. The third-order valence-electron chi connectivity index (χ3n) is 6.45. The summed E-state index contributed by atoms with van der Waals surface area (Å²) in [6, 6.07) is 13.6. The molecule has 0 spiro atoms. The predicted octanol–water partition coefficient (Wildman–Crippen LogP) is 2.97. The molecule has 8 nitrogen and oxygen atoms in total. The van der Waals surface area contributed by atoms with Crippen molar-refractivity contribution < 1.29 is 22.7 Å². The van der Waals surface area contributed by atoms with Gasteiger partial charge in [-0.05, 0) is 41.2 Å². The molecule has 2 aromatic rings. The van der Waals surface area contributed by atoms with Gasteiger partial charge in [-0.1, -0.05) is 57.2 Å². The molecule has 2 saturated heterocycles. The Hall–Kier alpha value is -2.75. The van der Waals surface area contributed by atoms with Crippen molar-refractivity contribution in [1.82, 2.24) is 14.5 Å². The molecule has 2 aliphatic heterocycles. The number of morpholine rings is 1. The Balaban J connectivity index is 1.55. The molecule has 0 saturated carbocycles. The molecule has 0 aromatic heterocycles. The van der Waals surface area contributed by atoms with Crippen LogP contribution in [-0.4, -0.2) is 55.9 Å². The summed E-state index contributed by atoms with van der Waals surface area (Å²) in [5.74, 6) is -0.373. The van der Waals surface area contributed by atoms with Crippen LogP contribution in [0.25, 0.3) is 0 Å². The summed E-state index contributed by atoms with van der Waals surface area (Å²) in [6.45, 7) is 9.32. The van der Waals surface area contributed by atoms with Gasteiger partial charge in [-0.15, -0.1) is 0 Å². The minimum absolute atomic E-state index is 0.0210. The van der Waals surface area contributed by atoms with Gasteiger partial charge in [-0.25, -0.2) is 13.2 Å². The van der Waals surface area contributed by atoms with E-state index in [9.17, 15) is 18.0 Å². The maximum atomic E-state index is 13.4. The number of hydrogen-bond donors (Lipinski definition) is 1. The third kappa shape index (κ3) is 4.47. The first-order chi connectivity index (χ1) is 15.9. The Bertz CT molecular complexity index is 1200. The number of urea groups is 1. The smallest absolute Gasteiger partial charge is 0.325 e. The van der Waals surface area contributed by atoms with Crippen molar-refractivity contribution in [3.05, 3.63) is 65.2 Å². The van der Waals surface area contributed by atoms with Gasteiger partial charge in [0.15, 0.2) is 0 Å². The lowest BCUT2D eigenvalue weighted by Gasteiger charge is -2.26. The van der Waals surface area contributed by atoms with Crippen LogP contribution in [0.1, 0.15) is 44.4 Å². The van der Waals surface area contributed by atoms with E-state index in [0.29, 0.717) is 37.4 Å². The normalized spacial score (nSPS) is 22.2. The summed E-state index contributed by atoms with van der Waals surface area (Å²) in [5, 5.41) is 2.82. The van der Waals surface area contributed by atoms with Crippen molar-refractivity contribution in [2.24, 2.45) is 0 Å². The number of imide groups is 1. The zero-order valence-electron chi connectivity index (χ0n) is 20.0. The van der Waals surface area contributed by atoms with Crippen LogP contribution in [-0.2, 0) is 37.1 Å². The maximum absolute atomic E-state index is 13.4. The van der Waals surface area contributed by atoms with Crippen molar-refractivity contribution in [3.63, 3.8) is 0 Å². The van der Waals surface area contributed by atoms with E-state index >= 15 is 0 Å². The molecule has 34 heavy (non-hydrogen) atoms. The van der Waals surface area contributed by atoms with Gasteiger partial charge < -0.3 is 10.1 Å². The number of benzene rings is 2. The van der Waals surface area contributed by atoms with Crippen LogP contribution in [0, 0.1) is 0 Å². The second-order valence-corrected chi connectivity index (χ2v) is 11.9. The molecule has 4 rings (SSSR count). The summed E-state index contributed by atoms with van der Waals surface area (Å²) in [6.07, 6.45) is 0. The van der Waals surface area contributed by atoms with Gasteiger partial charge in [-0.2, -0.15) is 4.31 Å². The number of amides is 3. The molecule has 2 heterocycles. The van der Waals surface area contributed by atoms with E-state index in [0.717, 1.165) is 10.5 Å². The number of rotatable bonds is 5. The van der Waals surface area contributed by atoms with Crippen LogP contribution in [0.5, 0.6) is 0 Å². The molecule has 9 heteroatoms. The van der Waals surface area contributed by atoms with Gasteiger partial charge in [0.25, 0.3) is 5.91 Å². The monoisotopic (exact) mass is 485 g/mol. The molecule has 3 amide bonds. The first-order valence-electron chi connectivity index (χ1n) is 11.3. The van der Waals surface area contributed by atoms with Crippen LogP contribution in [0.15, 0.2) is 53.4 Å². The maximum Gasteiger partial charge on any atom is 0.325 e. The summed E-state index contributed by atoms with van der Waals surface area (Å²) in [5.41, 5.74) is 1.17. The van der Waals surface area contributed by atoms with E-state index in [4.69, 9.17) is 4.74 Å². The molecule has 0 radical (unpaired) electrons. The van der Waals surface area contributed by atoms with E-state index in [-0.39, 0.29) is 22.8 Å². The topological polar surface area (TPSA) is 96.0 Å². The summed E-state index contributed by atoms with van der Waals surface area (Å²) in [7, 11) is -3.68. The number of hydrogen-bond acceptors (Lipinski definition) is 5. The Kier molecular flexibility index (Phi) is 6.30. The lowest BCUT2D eigenvalue weighted by Crippen LogP contribution is -2.41. The minimum Gasteiger partial charge on any atom is -0.379 e. The van der Waals surface area contributed by atoms with Gasteiger partial charge in [-0.3, -0.25) is 9.69 Å². The second kappa shape index (κ2) is 8.79. The summed E-state index contributed by atoms with van der Waals surface area (Å²) < 4.78 is 32.6. The molecular formula is C25H31N3O5S. The molecule has 2 aliphatic rings. The standard InChI is InChI=1S/C25H31N3O5S/c1-24(2,3)19-8-10-20(11-9-19)25(4)22(29)28(23(30)26-25)17-18-6-5-7-21(16-18)34(31,32)27-12-14-33-15-13-27/h5-11,16H,12-15,17H2,1-4H3,(H,26,30). The number of nitrogens with zero attached hydrogens (tertiary/aromatic N) is 2. The highest BCUT2D eigenvalue weighted by Crippen LogP contribution is 2.32. The fourth-order valence-corrected chi connectivity index (χ4v) is 5.74. The number of nitrogens with one attached hydrogen (secondary N) is 1. The largest absolute Gasteiger partial charge is 0.379 e. The molecule has 2 fully saturated rings. The predicted molar refractivity (Wildman–Crippen MR) is 128 cm³/mol. The van der Waals surface area contributed by atoms with Crippen LogP contribution < -0.4 is 5.32 Å². The molecule has 0 aliphatic carbocycles. The minimum atomic E-state index is -3.68. The molecule has 2 aromatic carbocycles. The number of carbonyl (C=O) groups is 2. The molecule has 1 N–H and O–H groups in total. The van der Waals surface area contributed by atoms with Crippen LogP contribution in [0.4, 0.5) is 4.79 Å². The van der Waals surface area contributed by atoms with E-state index in [2.05, 4.69) is 26.1 Å². The molecular weight excluding hydrogens is 454 g/mol. The highest BCUT2D eigenvalue weighted by Gasteiger charge is 2.49. The van der Waals surface area contributed by atoms with Crippen LogP contribution >= 0.6 is 0 Å². The van der Waals surface area contributed by atoms with Gasteiger partial charge in [0.1, 0.15) is 5.54 Å². The van der Waals surface area contributed by atoms with Gasteiger partial charge >= 0.3 is 6.03 Å². The Labute approximate surface area is 200 Å². The summed E-state index contributed by atoms with van der Waals surface area (Å²) in [4.78, 5) is 27.4. The van der Waals surface area contributed by atoms with Gasteiger partial charge in [0, 0.05) is 13.1 Å². The second-order valence-electron chi connectivity index (χ2n) is 9.94. The van der Waals surface area contributed by atoms with E-state index in [1.165, 1.54) is 16.4 Å². The zero-order chi connectivity index (χ0) is 24.7. The van der Waals surface area contributed by atoms with Crippen molar-refractivity contribution in [2.45, 2.75) is 50.1 Å². The number of carbonyl (C=O) groups excluding carboxylic acids is 2. The Morgan fingerprint density at radius 1 is 1.03 bits per heavy atom. The van der Waals surface area contributed by atoms with Crippen molar-refractivity contribution >= 4 is 22.0 Å². The molecule has 182 valence electrons. The van der Waals surface area contributed by atoms with Crippen LogP contribution in [0.3, 0.4) is 0 Å². The Morgan fingerprint density at radius 2 is 1.68 bits per heavy atom. The third-order valence-corrected chi connectivity index (χ3v) is 8.34. The molecule has 1 unspecified atom stereocenters. The van der Waals surface area contributed by atoms with Crippen molar-refractivity contribution in [3.8, 4) is 0 Å². The average molecular weight is 486 g/mol. The highest BCUT2D eigenvalue weighted by molar-refractivity contribution is 7.89. The first-order valence-corrected chi connectivity index (χ1v) is 12.8. The Morgan fingerprint density at radius 3 is 2.29 bits per heavy atom. The lowest BCUT2D eigenvalue weighted by molar-refractivity contribution is -0.131. The fraction of sp³-hybridized carbons (Fsp3) is 0.440. The van der Waals surface area contributed by atoms with Crippen molar-refractivity contribution in [2.75, 3.05) is 26.3 Å². The van der Waals surface area contributed by atoms with Gasteiger partial charge in [0.2, 0.25) is 10.0 Å². The zero-order valence-corrected chi connectivity index (χ0v) is 20.8. The van der Waals surface area contributed by atoms with Crippen molar-refractivity contribution in [1.29, 1.82) is 0 Å². The lowest BCUT2D eigenvalue weighted by atomic mass is 9.84. The molecule has 0 bridgehead atoms. The highest BCUT2D eigenvalue weighted by atomic mass is 32.2. The quantitative estimate of drug-likeness (QED) is 0.657. The van der Waals surface area contributed by atoms with E-state index in [1.54, 1.807) is 19.1 Å². The van der Waals surface area contributed by atoms with E-state index < -0.39 is 21.6 Å². The van der Waals surface area contributed by atoms with Gasteiger partial charge in [0.05, 0.1) is 24.7 Å². The first kappa shape index (κ1) is 24.4. The number of sulfonamides is 1.